The van der Waals surface area contributed by atoms with Gasteiger partial charge in [0.25, 0.3) is 0 Å². The Bertz CT molecular complexity index is 1950. The maximum atomic E-state index is 14.8. The van der Waals surface area contributed by atoms with Gasteiger partial charge in [0, 0.05) is 62.8 Å². The number of aliphatic hydroxyl groups excluding tert-OH is 1. The summed E-state index contributed by atoms with van der Waals surface area (Å²) in [5, 5.41) is 15.2. The van der Waals surface area contributed by atoms with Gasteiger partial charge in [-0.2, -0.15) is 13.2 Å². The highest BCUT2D eigenvalue weighted by Crippen LogP contribution is 2.49. The molecule has 5 atom stereocenters. The molecule has 4 aromatic rings. The second kappa shape index (κ2) is 15.3. The Morgan fingerprint density at radius 2 is 1.80 bits per heavy atom. The Morgan fingerprint density at radius 3 is 2.55 bits per heavy atom. The average molecular weight is 762 g/mol. The fourth-order valence-corrected chi connectivity index (χ4v) is 8.74. The molecule has 10 nitrogen and oxygen atoms in total. The summed E-state index contributed by atoms with van der Waals surface area (Å²) < 4.78 is 51.9. The number of fused-ring (bicyclic) bond motifs is 4. The fourth-order valence-electron chi connectivity index (χ4n) is 8.74. The molecule has 2 amide bonds. The van der Waals surface area contributed by atoms with Crippen molar-refractivity contribution in [1.29, 1.82) is 0 Å². The van der Waals surface area contributed by atoms with E-state index in [1.165, 1.54) is 0 Å². The van der Waals surface area contributed by atoms with Crippen molar-refractivity contribution < 1.29 is 37.0 Å². The van der Waals surface area contributed by atoms with Gasteiger partial charge in [-0.05, 0) is 69.4 Å². The molecule has 2 N–H and O–H groups in total. The van der Waals surface area contributed by atoms with E-state index in [1.54, 1.807) is 18.5 Å². The van der Waals surface area contributed by atoms with Crippen molar-refractivity contribution in [2.45, 2.75) is 95.1 Å². The van der Waals surface area contributed by atoms with Crippen LogP contribution in [0.15, 0.2) is 83.5 Å². The zero-order valence-electron chi connectivity index (χ0n) is 31.8. The first-order valence-corrected chi connectivity index (χ1v) is 19.1. The van der Waals surface area contributed by atoms with Crippen LogP contribution in [-0.2, 0) is 32.7 Å². The molecule has 2 aromatic carbocycles. The van der Waals surface area contributed by atoms with Gasteiger partial charge in [-0.3, -0.25) is 24.4 Å². The van der Waals surface area contributed by atoms with Gasteiger partial charge in [0.05, 0.1) is 30.2 Å². The van der Waals surface area contributed by atoms with Crippen LogP contribution in [0.5, 0.6) is 0 Å². The number of piperazine rings is 1. The van der Waals surface area contributed by atoms with Gasteiger partial charge < -0.3 is 24.5 Å². The molecule has 4 heterocycles. The molecule has 294 valence electrons. The summed E-state index contributed by atoms with van der Waals surface area (Å²) in [6, 6.07) is 20.4. The number of carbonyl (C=O) groups excluding carboxylic acids is 2. The third-order valence-electron chi connectivity index (χ3n) is 11.6. The van der Waals surface area contributed by atoms with Crippen molar-refractivity contribution in [3.63, 3.8) is 0 Å². The highest BCUT2D eigenvalue weighted by atomic mass is 19.4. The SMILES string of the molecule is CC1(C)O[C@@H]2Cc3ccccc3C2N1C(=O)[C@H](Cc1ccccc1)C[C@H](O)CN1CCN(C(C)(C)c2cc3cnccc3o2)C[C@H]1C(=O)NCCC(F)(F)F. The highest BCUT2D eigenvalue weighted by Gasteiger charge is 2.54. The topological polar surface area (TPSA) is 111 Å². The molecule has 2 aromatic heterocycles. The number of carbonyl (C=O) groups is 2. The molecular weight excluding hydrogens is 711 g/mol. The average Bonchev–Trinajstić information content (AvgIpc) is 3.80. The van der Waals surface area contributed by atoms with E-state index < -0.39 is 54.4 Å². The number of rotatable bonds is 12. The molecule has 0 radical (unpaired) electrons. The standard InChI is InChI=1S/C42H50F3N5O5/c1-40(2,36-23-30-24-46-16-14-34(30)54-36)49-19-18-48(33(26-49)38(52)47-17-15-42(43,44)45)25-31(51)21-29(20-27-10-6-5-7-11-27)39(53)50-37-32-13-9-8-12-28(32)22-35(37)55-41(50,3)4/h5-14,16,23-24,29,31,33,35,37,51H,15,17-22,25-26H2,1-4H3,(H,47,52)/t29-,31+,33+,35-,37?/m1/s1. The molecule has 0 saturated carbocycles. The summed E-state index contributed by atoms with van der Waals surface area (Å²) in [6.45, 7) is 8.31. The number of halogens is 3. The van der Waals surface area contributed by atoms with Crippen LogP contribution < -0.4 is 5.32 Å². The molecule has 2 aliphatic heterocycles. The van der Waals surface area contributed by atoms with E-state index in [1.807, 2.05) is 86.0 Å². The van der Waals surface area contributed by atoms with Crippen LogP contribution >= 0.6 is 0 Å². The van der Waals surface area contributed by atoms with E-state index in [9.17, 15) is 27.9 Å². The lowest BCUT2D eigenvalue weighted by molar-refractivity contribution is -0.153. The smallest absolute Gasteiger partial charge is 0.390 e. The van der Waals surface area contributed by atoms with Crippen LogP contribution in [0, 0.1) is 5.92 Å². The molecular formula is C42H50F3N5O5. The lowest BCUT2D eigenvalue weighted by Gasteiger charge is -2.47. The minimum Gasteiger partial charge on any atom is -0.459 e. The van der Waals surface area contributed by atoms with Crippen LogP contribution in [0.3, 0.4) is 0 Å². The molecule has 55 heavy (non-hydrogen) atoms. The van der Waals surface area contributed by atoms with E-state index >= 15 is 0 Å². The number of ether oxygens (including phenoxy) is 1. The molecule has 1 aliphatic carbocycles. The van der Waals surface area contributed by atoms with E-state index in [-0.39, 0.29) is 37.6 Å². The number of β-amino-alcohol motifs (C(OH)–C–C–N with tert-alkyl or cyclic N) is 1. The molecule has 0 spiro atoms. The zero-order chi connectivity index (χ0) is 39.1. The Hall–Kier alpha value is -4.30. The number of furan rings is 1. The van der Waals surface area contributed by atoms with Crippen molar-refractivity contribution in [3.8, 4) is 0 Å². The van der Waals surface area contributed by atoms with Crippen molar-refractivity contribution in [2.24, 2.45) is 5.92 Å². The second-order valence-electron chi connectivity index (χ2n) is 16.1. The van der Waals surface area contributed by atoms with E-state index in [0.717, 1.165) is 22.1 Å². The number of hydrogen-bond donors (Lipinski definition) is 2. The number of amides is 2. The van der Waals surface area contributed by atoms with Gasteiger partial charge >= 0.3 is 6.18 Å². The second-order valence-corrected chi connectivity index (χ2v) is 16.1. The first-order chi connectivity index (χ1) is 26.1. The summed E-state index contributed by atoms with van der Waals surface area (Å²) in [5.41, 5.74) is 2.31. The predicted molar refractivity (Wildman–Crippen MR) is 201 cm³/mol. The van der Waals surface area contributed by atoms with Crippen LogP contribution in [0.2, 0.25) is 0 Å². The van der Waals surface area contributed by atoms with Crippen LogP contribution in [0.25, 0.3) is 11.0 Å². The zero-order valence-corrected chi connectivity index (χ0v) is 31.8. The largest absolute Gasteiger partial charge is 0.459 e. The van der Waals surface area contributed by atoms with Crippen molar-refractivity contribution in [1.82, 2.24) is 25.0 Å². The van der Waals surface area contributed by atoms with E-state index in [2.05, 4.69) is 27.3 Å². The Kier molecular flexibility index (Phi) is 10.9. The molecule has 0 bridgehead atoms. The monoisotopic (exact) mass is 761 g/mol. The summed E-state index contributed by atoms with van der Waals surface area (Å²) in [5.74, 6) is -0.618. The number of aromatic nitrogens is 1. The summed E-state index contributed by atoms with van der Waals surface area (Å²) in [7, 11) is 0. The van der Waals surface area contributed by atoms with Crippen molar-refractivity contribution in [3.05, 3.63) is 102 Å². The van der Waals surface area contributed by atoms with E-state index in [4.69, 9.17) is 9.15 Å². The third-order valence-corrected chi connectivity index (χ3v) is 11.6. The summed E-state index contributed by atoms with van der Waals surface area (Å²) >= 11 is 0. The Morgan fingerprint density at radius 1 is 1.05 bits per heavy atom. The predicted octanol–water partition coefficient (Wildman–Crippen LogP) is 5.99. The van der Waals surface area contributed by atoms with Crippen LogP contribution in [0.1, 0.15) is 69.0 Å². The third kappa shape index (κ3) is 8.30. The van der Waals surface area contributed by atoms with Gasteiger partial charge in [-0.25, -0.2) is 0 Å². The van der Waals surface area contributed by atoms with Gasteiger partial charge in [-0.1, -0.05) is 54.6 Å². The molecule has 7 rings (SSSR count). The Balaban J connectivity index is 1.11. The maximum absolute atomic E-state index is 14.8. The first kappa shape index (κ1) is 39.0. The number of pyridine rings is 1. The fraction of sp³-hybridized carbons (Fsp3) is 0.500. The van der Waals surface area contributed by atoms with Gasteiger partial charge in [0.15, 0.2) is 0 Å². The van der Waals surface area contributed by atoms with E-state index in [0.29, 0.717) is 37.3 Å². The van der Waals surface area contributed by atoms with Gasteiger partial charge in [-0.15, -0.1) is 0 Å². The number of nitrogens with zero attached hydrogens (tertiary/aromatic N) is 4. The minimum atomic E-state index is -4.42. The molecule has 2 saturated heterocycles. The van der Waals surface area contributed by atoms with Crippen LogP contribution in [0.4, 0.5) is 13.2 Å². The van der Waals surface area contributed by atoms with Crippen molar-refractivity contribution in [2.75, 3.05) is 32.7 Å². The normalized spacial score (nSPS) is 22.7. The van der Waals surface area contributed by atoms with Crippen LogP contribution in [-0.4, -0.2) is 99.5 Å². The highest BCUT2D eigenvalue weighted by molar-refractivity contribution is 5.82. The van der Waals surface area contributed by atoms with Crippen molar-refractivity contribution >= 4 is 22.8 Å². The lowest BCUT2D eigenvalue weighted by Crippen LogP contribution is -2.63. The number of benzene rings is 2. The Labute approximate surface area is 319 Å². The lowest BCUT2D eigenvalue weighted by atomic mass is 9.90. The molecule has 2 fully saturated rings. The summed E-state index contributed by atoms with van der Waals surface area (Å²) in [6.07, 6.45) is -2.19. The molecule has 13 heteroatoms. The van der Waals surface area contributed by atoms with Gasteiger partial charge in [0.2, 0.25) is 11.8 Å². The quantitative estimate of drug-likeness (QED) is 0.181. The minimum absolute atomic E-state index is 0.0509. The first-order valence-electron chi connectivity index (χ1n) is 19.1. The number of hydrogen-bond acceptors (Lipinski definition) is 8. The molecule has 1 unspecified atom stereocenters. The summed E-state index contributed by atoms with van der Waals surface area (Å²) in [4.78, 5) is 38.5. The molecule has 3 aliphatic rings. The maximum Gasteiger partial charge on any atom is 0.390 e. The number of nitrogens with one attached hydrogen (secondary N) is 1. The number of aliphatic hydroxyl groups is 1. The number of alkyl halides is 3. The van der Waals surface area contributed by atoms with Gasteiger partial charge in [0.1, 0.15) is 23.1 Å².